The molecule has 37 heavy (non-hydrogen) atoms. The van der Waals surface area contributed by atoms with E-state index in [9.17, 15) is 18.0 Å². The molecule has 12 heteroatoms. The normalized spacial score (nSPS) is 14.9. The lowest BCUT2D eigenvalue weighted by molar-refractivity contribution is -0.142. The van der Waals surface area contributed by atoms with E-state index in [4.69, 9.17) is 34.8 Å². The van der Waals surface area contributed by atoms with Crippen molar-refractivity contribution in [2.24, 2.45) is 0 Å². The van der Waals surface area contributed by atoms with Crippen molar-refractivity contribution >= 4 is 46.4 Å². The maximum Gasteiger partial charge on any atom is 0.433 e. The number of halogens is 6. The Kier molecular flexibility index (Phi) is 7.06. The second-order valence-electron chi connectivity index (χ2n) is 8.65. The number of carbonyl (C=O) groups is 1. The summed E-state index contributed by atoms with van der Waals surface area (Å²) in [6, 6.07) is 14.0. The predicted molar refractivity (Wildman–Crippen MR) is 136 cm³/mol. The first kappa shape index (κ1) is 25.8. The van der Waals surface area contributed by atoms with Gasteiger partial charge in [-0.3, -0.25) is 9.69 Å². The van der Waals surface area contributed by atoms with Crippen LogP contribution < -0.4 is 0 Å². The Balaban J connectivity index is 1.36. The van der Waals surface area contributed by atoms with Crippen molar-refractivity contribution in [1.82, 2.24) is 24.4 Å². The highest BCUT2D eigenvalue weighted by Gasteiger charge is 2.36. The number of alkyl halides is 3. The SMILES string of the molecule is O=C(c1cc2nc(-c3ccc(Cl)cc3)cc(C(F)(F)F)n2n1)N1CCN(Cc2ccc(Cl)c(Cl)c2)CC1. The minimum Gasteiger partial charge on any atom is -0.335 e. The summed E-state index contributed by atoms with van der Waals surface area (Å²) in [5.74, 6) is -0.444. The first-order valence-corrected chi connectivity index (χ1v) is 12.4. The molecule has 1 saturated heterocycles. The van der Waals surface area contributed by atoms with Gasteiger partial charge in [-0.05, 0) is 35.9 Å². The van der Waals surface area contributed by atoms with Gasteiger partial charge < -0.3 is 4.90 Å². The summed E-state index contributed by atoms with van der Waals surface area (Å²) in [6.07, 6.45) is -4.70. The molecule has 1 aliphatic heterocycles. The number of nitrogens with zero attached hydrogens (tertiary/aromatic N) is 5. The highest BCUT2D eigenvalue weighted by atomic mass is 35.5. The van der Waals surface area contributed by atoms with Crippen molar-refractivity contribution in [3.63, 3.8) is 0 Å². The van der Waals surface area contributed by atoms with Gasteiger partial charge in [-0.15, -0.1) is 0 Å². The Hall–Kier alpha value is -2.85. The summed E-state index contributed by atoms with van der Waals surface area (Å²) in [7, 11) is 0. The smallest absolute Gasteiger partial charge is 0.335 e. The Morgan fingerprint density at radius 3 is 2.24 bits per heavy atom. The van der Waals surface area contributed by atoms with Crippen LogP contribution in [0.4, 0.5) is 13.2 Å². The molecule has 0 saturated carbocycles. The van der Waals surface area contributed by atoms with E-state index in [1.165, 1.54) is 6.07 Å². The Morgan fingerprint density at radius 2 is 1.59 bits per heavy atom. The lowest BCUT2D eigenvalue weighted by atomic mass is 10.1. The zero-order valence-corrected chi connectivity index (χ0v) is 21.4. The van der Waals surface area contributed by atoms with Gasteiger partial charge in [-0.1, -0.05) is 53.0 Å². The minimum atomic E-state index is -4.70. The van der Waals surface area contributed by atoms with Crippen molar-refractivity contribution in [3.05, 3.63) is 86.6 Å². The van der Waals surface area contributed by atoms with Gasteiger partial charge in [-0.2, -0.15) is 18.3 Å². The van der Waals surface area contributed by atoms with Crippen LogP contribution in [-0.2, 0) is 12.7 Å². The number of piperazine rings is 1. The van der Waals surface area contributed by atoms with Crippen molar-refractivity contribution in [2.75, 3.05) is 26.2 Å². The van der Waals surface area contributed by atoms with E-state index in [0.29, 0.717) is 57.9 Å². The Labute approximate surface area is 225 Å². The molecule has 5 rings (SSSR count). The number of fused-ring (bicyclic) bond motifs is 1. The average Bonchev–Trinajstić information content (AvgIpc) is 3.30. The third-order valence-corrected chi connectivity index (χ3v) is 7.12. The van der Waals surface area contributed by atoms with E-state index in [-0.39, 0.29) is 17.0 Å². The third kappa shape index (κ3) is 5.55. The van der Waals surface area contributed by atoms with Crippen LogP contribution in [0.25, 0.3) is 16.9 Å². The van der Waals surface area contributed by atoms with Crippen molar-refractivity contribution in [2.45, 2.75) is 12.7 Å². The number of amides is 1. The Morgan fingerprint density at radius 1 is 0.892 bits per heavy atom. The van der Waals surface area contributed by atoms with E-state index >= 15 is 0 Å². The molecule has 0 unspecified atom stereocenters. The first-order valence-electron chi connectivity index (χ1n) is 11.3. The third-order valence-electron chi connectivity index (χ3n) is 6.13. The maximum atomic E-state index is 13.9. The average molecular weight is 569 g/mol. The summed E-state index contributed by atoms with van der Waals surface area (Å²) < 4.78 is 42.3. The van der Waals surface area contributed by atoms with E-state index in [1.54, 1.807) is 35.2 Å². The lowest BCUT2D eigenvalue weighted by Gasteiger charge is -2.34. The van der Waals surface area contributed by atoms with Gasteiger partial charge in [0.15, 0.2) is 17.0 Å². The summed E-state index contributed by atoms with van der Waals surface area (Å²) >= 11 is 18.0. The van der Waals surface area contributed by atoms with Gasteiger partial charge >= 0.3 is 6.18 Å². The van der Waals surface area contributed by atoms with Crippen LogP contribution in [0, 0.1) is 0 Å². The van der Waals surface area contributed by atoms with Crippen molar-refractivity contribution < 1.29 is 18.0 Å². The zero-order valence-electron chi connectivity index (χ0n) is 19.1. The molecular weight excluding hydrogens is 550 g/mol. The number of hydrogen-bond acceptors (Lipinski definition) is 4. The van der Waals surface area contributed by atoms with Crippen LogP contribution in [0.15, 0.2) is 54.6 Å². The number of aromatic nitrogens is 3. The van der Waals surface area contributed by atoms with E-state index in [1.807, 2.05) is 12.1 Å². The van der Waals surface area contributed by atoms with Crippen LogP contribution in [0.5, 0.6) is 0 Å². The maximum absolute atomic E-state index is 13.9. The number of hydrogen-bond donors (Lipinski definition) is 0. The molecule has 4 aromatic rings. The first-order chi connectivity index (χ1) is 17.6. The molecular formula is C25H19Cl3F3N5O. The van der Waals surface area contributed by atoms with Crippen LogP contribution in [0.1, 0.15) is 21.7 Å². The van der Waals surface area contributed by atoms with Gasteiger partial charge in [0, 0.05) is 49.4 Å². The second-order valence-corrected chi connectivity index (χ2v) is 9.90. The highest BCUT2D eigenvalue weighted by molar-refractivity contribution is 6.42. The van der Waals surface area contributed by atoms with E-state index in [2.05, 4.69) is 15.0 Å². The topological polar surface area (TPSA) is 53.7 Å². The van der Waals surface area contributed by atoms with Gasteiger partial charge in [0.25, 0.3) is 5.91 Å². The molecule has 2 aromatic heterocycles. The molecule has 2 aromatic carbocycles. The van der Waals surface area contributed by atoms with Crippen LogP contribution in [0.2, 0.25) is 15.1 Å². The minimum absolute atomic E-state index is 0.0682. The van der Waals surface area contributed by atoms with Crippen LogP contribution >= 0.6 is 34.8 Å². The molecule has 0 radical (unpaired) electrons. The summed E-state index contributed by atoms with van der Waals surface area (Å²) in [5, 5.41) is 5.40. The van der Waals surface area contributed by atoms with Gasteiger partial charge in [0.2, 0.25) is 0 Å². The summed E-state index contributed by atoms with van der Waals surface area (Å²) in [4.78, 5) is 21.2. The highest BCUT2D eigenvalue weighted by Crippen LogP contribution is 2.33. The number of benzene rings is 2. The monoisotopic (exact) mass is 567 g/mol. The molecule has 1 aliphatic rings. The fraction of sp³-hybridized carbons (Fsp3) is 0.240. The fourth-order valence-corrected chi connectivity index (χ4v) is 4.66. The quantitative estimate of drug-likeness (QED) is 0.289. The van der Waals surface area contributed by atoms with Gasteiger partial charge in [0.1, 0.15) is 0 Å². The molecule has 0 spiro atoms. The molecule has 192 valence electrons. The number of carbonyl (C=O) groups excluding carboxylic acids is 1. The van der Waals surface area contributed by atoms with E-state index in [0.717, 1.165) is 11.6 Å². The second kappa shape index (κ2) is 10.1. The molecule has 0 N–H and O–H groups in total. The molecule has 0 atom stereocenters. The fourth-order valence-electron chi connectivity index (χ4n) is 4.22. The lowest BCUT2D eigenvalue weighted by Crippen LogP contribution is -2.48. The molecule has 1 fully saturated rings. The van der Waals surface area contributed by atoms with Gasteiger partial charge in [-0.25, -0.2) is 9.50 Å². The molecule has 6 nitrogen and oxygen atoms in total. The molecule has 3 heterocycles. The van der Waals surface area contributed by atoms with Gasteiger partial charge in [0.05, 0.1) is 15.7 Å². The number of rotatable bonds is 4. The van der Waals surface area contributed by atoms with E-state index < -0.39 is 17.8 Å². The summed E-state index contributed by atoms with van der Waals surface area (Å²) in [6.45, 7) is 2.63. The van der Waals surface area contributed by atoms with Crippen LogP contribution in [0.3, 0.4) is 0 Å². The standard InChI is InChI=1S/C25H19Cl3F3N5O/c26-17-4-2-16(3-5-17)20-12-22(25(29,30)31)36-23(32-20)13-21(33-36)24(37)35-9-7-34(8-10-35)14-15-1-6-18(27)19(28)11-15/h1-6,11-13H,7-10,14H2. The Bertz CT molecular complexity index is 1470. The summed E-state index contributed by atoms with van der Waals surface area (Å²) in [5.41, 5.74) is 0.381. The molecule has 0 bridgehead atoms. The van der Waals surface area contributed by atoms with Crippen molar-refractivity contribution in [1.29, 1.82) is 0 Å². The van der Waals surface area contributed by atoms with Crippen molar-refractivity contribution in [3.8, 4) is 11.3 Å². The molecule has 0 aliphatic carbocycles. The molecule has 1 amide bonds. The largest absolute Gasteiger partial charge is 0.433 e. The zero-order chi connectivity index (χ0) is 26.3. The van der Waals surface area contributed by atoms with Crippen LogP contribution in [-0.4, -0.2) is 56.5 Å². The predicted octanol–water partition coefficient (Wildman–Crippen LogP) is 6.33.